The second-order valence-electron chi connectivity index (χ2n) is 7.61. The van der Waals surface area contributed by atoms with Crippen LogP contribution in [0.4, 0.5) is 4.79 Å². The van der Waals surface area contributed by atoms with E-state index in [0.29, 0.717) is 18.5 Å². The summed E-state index contributed by atoms with van der Waals surface area (Å²) >= 11 is 7.64. The van der Waals surface area contributed by atoms with Crippen molar-refractivity contribution in [2.24, 2.45) is 5.92 Å². The predicted octanol–water partition coefficient (Wildman–Crippen LogP) is 2.59. The third kappa shape index (κ3) is 6.06. The average molecular weight is 415 g/mol. The van der Waals surface area contributed by atoms with E-state index in [1.54, 1.807) is 11.3 Å². The van der Waals surface area contributed by atoms with Crippen LogP contribution in [0.1, 0.15) is 18.7 Å². The number of thiophene rings is 1. The minimum Gasteiger partial charge on any atom is -0.379 e. The fraction of sp³-hybridized carbons (Fsp3) is 0.737. The molecule has 0 bridgehead atoms. The normalized spacial score (nSPS) is 20.8. The van der Waals surface area contributed by atoms with E-state index < -0.39 is 0 Å². The highest BCUT2D eigenvalue weighted by molar-refractivity contribution is 7.16. The number of ether oxygens (including phenoxy) is 1. The lowest BCUT2D eigenvalue weighted by Crippen LogP contribution is -2.55. The molecule has 2 aliphatic rings. The topological polar surface area (TPSA) is 48.1 Å². The monoisotopic (exact) mass is 414 g/mol. The minimum absolute atomic E-state index is 0.0627. The minimum atomic E-state index is 0.0627. The first-order chi connectivity index (χ1) is 13.0. The zero-order valence-corrected chi connectivity index (χ0v) is 17.9. The van der Waals surface area contributed by atoms with Crippen molar-refractivity contribution in [1.82, 2.24) is 20.0 Å². The van der Waals surface area contributed by atoms with E-state index in [2.05, 4.69) is 35.0 Å². The molecule has 0 radical (unpaired) electrons. The highest BCUT2D eigenvalue weighted by atomic mass is 35.5. The Labute approximate surface area is 171 Å². The Morgan fingerprint density at radius 3 is 2.48 bits per heavy atom. The molecule has 6 nitrogen and oxygen atoms in total. The Morgan fingerprint density at radius 2 is 1.89 bits per heavy atom. The number of nitrogens with one attached hydrogen (secondary N) is 1. The Balaban J connectivity index is 1.41. The van der Waals surface area contributed by atoms with Gasteiger partial charge in [0.05, 0.1) is 17.6 Å². The van der Waals surface area contributed by atoms with Crippen LogP contribution in [0.15, 0.2) is 12.1 Å². The first-order valence-electron chi connectivity index (χ1n) is 9.84. The summed E-state index contributed by atoms with van der Waals surface area (Å²) in [5, 5.41) is 3.17. The average Bonchev–Trinajstić information content (AvgIpc) is 3.07. The maximum atomic E-state index is 12.6. The van der Waals surface area contributed by atoms with Crippen LogP contribution in [0.5, 0.6) is 0 Å². The molecule has 2 fully saturated rings. The number of amides is 2. The summed E-state index contributed by atoms with van der Waals surface area (Å²) < 4.78 is 6.29. The fourth-order valence-electron chi connectivity index (χ4n) is 3.77. The maximum Gasteiger partial charge on any atom is 0.317 e. The van der Waals surface area contributed by atoms with Gasteiger partial charge in [-0.2, -0.15) is 0 Å². The molecule has 1 aromatic heterocycles. The lowest BCUT2D eigenvalue weighted by molar-refractivity contribution is 0.00682. The Bertz CT molecular complexity index is 598. The van der Waals surface area contributed by atoms with Gasteiger partial charge in [-0.15, -0.1) is 11.3 Å². The van der Waals surface area contributed by atoms with Gasteiger partial charge < -0.3 is 15.0 Å². The zero-order valence-electron chi connectivity index (χ0n) is 16.3. The van der Waals surface area contributed by atoms with E-state index in [4.69, 9.17) is 16.3 Å². The number of urea groups is 1. The zero-order chi connectivity index (χ0) is 19.2. The first kappa shape index (κ1) is 20.9. The van der Waals surface area contributed by atoms with Crippen molar-refractivity contribution in [2.45, 2.75) is 26.4 Å². The fourth-order valence-corrected chi connectivity index (χ4v) is 4.90. The molecule has 1 atom stereocenters. The number of piperazine rings is 1. The van der Waals surface area contributed by atoms with Gasteiger partial charge in [0.15, 0.2) is 0 Å². The molecule has 27 heavy (non-hydrogen) atoms. The van der Waals surface area contributed by atoms with Crippen molar-refractivity contribution >= 4 is 29.0 Å². The third-order valence-electron chi connectivity index (χ3n) is 5.41. The largest absolute Gasteiger partial charge is 0.379 e. The van der Waals surface area contributed by atoms with Crippen LogP contribution in [0, 0.1) is 5.92 Å². The summed E-state index contributed by atoms with van der Waals surface area (Å²) in [6, 6.07) is 4.46. The van der Waals surface area contributed by atoms with E-state index in [0.717, 1.165) is 63.4 Å². The molecule has 0 spiro atoms. The quantitative estimate of drug-likeness (QED) is 0.777. The van der Waals surface area contributed by atoms with Gasteiger partial charge in [0.25, 0.3) is 0 Å². The number of hydrogen-bond donors (Lipinski definition) is 1. The molecule has 0 aliphatic carbocycles. The number of rotatable bonds is 6. The second kappa shape index (κ2) is 10.1. The van der Waals surface area contributed by atoms with Gasteiger partial charge in [-0.1, -0.05) is 25.4 Å². The molecule has 0 saturated carbocycles. The van der Waals surface area contributed by atoms with Gasteiger partial charge in [-0.25, -0.2) is 4.79 Å². The van der Waals surface area contributed by atoms with Crippen LogP contribution in [-0.2, 0) is 11.3 Å². The van der Waals surface area contributed by atoms with Crippen LogP contribution in [0.2, 0.25) is 4.34 Å². The van der Waals surface area contributed by atoms with E-state index in [9.17, 15) is 4.79 Å². The molecule has 3 heterocycles. The molecule has 8 heteroatoms. The Hall–Kier alpha value is -0.860. The molecular formula is C19H31ClN4O2S. The molecular weight excluding hydrogens is 384 g/mol. The molecule has 3 rings (SSSR count). The number of nitrogens with zero attached hydrogens (tertiary/aromatic N) is 3. The smallest absolute Gasteiger partial charge is 0.317 e. The maximum absolute atomic E-state index is 12.6. The summed E-state index contributed by atoms with van der Waals surface area (Å²) in [4.78, 5) is 20.7. The van der Waals surface area contributed by atoms with Crippen molar-refractivity contribution in [3.05, 3.63) is 21.3 Å². The van der Waals surface area contributed by atoms with Gasteiger partial charge in [-0.3, -0.25) is 9.80 Å². The van der Waals surface area contributed by atoms with Crippen molar-refractivity contribution in [1.29, 1.82) is 0 Å². The molecule has 0 unspecified atom stereocenters. The van der Waals surface area contributed by atoms with Crippen molar-refractivity contribution < 1.29 is 9.53 Å². The van der Waals surface area contributed by atoms with Crippen LogP contribution in [-0.4, -0.2) is 85.8 Å². The van der Waals surface area contributed by atoms with Crippen LogP contribution in [0.25, 0.3) is 0 Å². The third-order valence-corrected chi connectivity index (χ3v) is 6.63. The second-order valence-corrected chi connectivity index (χ2v) is 9.41. The Morgan fingerprint density at radius 1 is 1.19 bits per heavy atom. The highest BCUT2D eigenvalue weighted by Gasteiger charge is 2.26. The number of carbonyl (C=O) groups excluding carboxylic acids is 1. The first-order valence-corrected chi connectivity index (χ1v) is 11.0. The molecule has 1 N–H and O–H groups in total. The number of morpholine rings is 1. The number of carbonyl (C=O) groups is 1. The van der Waals surface area contributed by atoms with E-state index in [1.165, 1.54) is 4.88 Å². The standard InChI is InChI=1S/C19H31ClN4O2S/c1-15(2)17(23-9-11-26-12-10-23)13-21-19(25)24-7-5-22(6-8-24)14-16-3-4-18(20)27-16/h3-4,15,17H,5-14H2,1-2H3,(H,21,25)/t17-/m1/s1. The SMILES string of the molecule is CC(C)[C@@H](CNC(=O)N1CCN(Cc2ccc(Cl)s2)CC1)N1CCOCC1. The summed E-state index contributed by atoms with van der Waals surface area (Å²) in [5.41, 5.74) is 0. The molecule has 152 valence electrons. The summed E-state index contributed by atoms with van der Waals surface area (Å²) in [6.07, 6.45) is 0. The van der Waals surface area contributed by atoms with Crippen LogP contribution in [0.3, 0.4) is 0 Å². The van der Waals surface area contributed by atoms with Gasteiger partial charge >= 0.3 is 6.03 Å². The van der Waals surface area contributed by atoms with Gasteiger partial charge in [0, 0.05) is 63.3 Å². The lowest BCUT2D eigenvalue weighted by Gasteiger charge is -2.38. The van der Waals surface area contributed by atoms with Gasteiger partial charge in [0.2, 0.25) is 0 Å². The van der Waals surface area contributed by atoms with Gasteiger partial charge in [0.1, 0.15) is 0 Å². The summed E-state index contributed by atoms with van der Waals surface area (Å²) in [6.45, 7) is 12.9. The highest BCUT2D eigenvalue weighted by Crippen LogP contribution is 2.23. The van der Waals surface area contributed by atoms with E-state index >= 15 is 0 Å². The van der Waals surface area contributed by atoms with Crippen LogP contribution >= 0.6 is 22.9 Å². The van der Waals surface area contributed by atoms with E-state index in [-0.39, 0.29) is 6.03 Å². The van der Waals surface area contributed by atoms with E-state index in [1.807, 2.05) is 11.0 Å². The Kier molecular flexibility index (Phi) is 7.78. The van der Waals surface area contributed by atoms with Crippen molar-refractivity contribution in [3.8, 4) is 0 Å². The lowest BCUT2D eigenvalue weighted by atomic mass is 10.0. The van der Waals surface area contributed by atoms with Crippen LogP contribution < -0.4 is 5.32 Å². The van der Waals surface area contributed by atoms with Crippen molar-refractivity contribution in [2.75, 3.05) is 59.0 Å². The molecule has 2 amide bonds. The molecule has 1 aromatic rings. The van der Waals surface area contributed by atoms with Crippen molar-refractivity contribution in [3.63, 3.8) is 0 Å². The summed E-state index contributed by atoms with van der Waals surface area (Å²) in [7, 11) is 0. The molecule has 2 saturated heterocycles. The predicted molar refractivity (Wildman–Crippen MR) is 111 cm³/mol. The summed E-state index contributed by atoms with van der Waals surface area (Å²) in [5.74, 6) is 0.498. The number of halogens is 1. The number of hydrogen-bond acceptors (Lipinski definition) is 5. The molecule has 2 aliphatic heterocycles. The molecule has 0 aromatic carbocycles. The van der Waals surface area contributed by atoms with Gasteiger partial charge in [-0.05, 0) is 18.1 Å².